The van der Waals surface area contributed by atoms with Gasteiger partial charge in [-0.05, 0) is 6.92 Å². The fourth-order valence-corrected chi connectivity index (χ4v) is 1.65. The normalized spacial score (nSPS) is 9.74. The number of carbonyl (C=O) groups is 1. The van der Waals surface area contributed by atoms with Crippen molar-refractivity contribution in [3.8, 4) is 0 Å². The molecule has 0 saturated carbocycles. The number of ether oxygens (including phenoxy) is 1. The molecule has 2 rings (SSSR count). The smallest absolute Gasteiger partial charge is 0.358 e. The summed E-state index contributed by atoms with van der Waals surface area (Å²) in [6.07, 6.45) is 1.41. The number of halogens is 1. The van der Waals surface area contributed by atoms with Crippen LogP contribution in [-0.4, -0.2) is 34.2 Å². The molecule has 0 bridgehead atoms. The van der Waals surface area contributed by atoms with E-state index in [0.717, 1.165) is 0 Å². The molecule has 104 valence electrons. The summed E-state index contributed by atoms with van der Waals surface area (Å²) >= 11 is 5.86. The van der Waals surface area contributed by atoms with E-state index in [9.17, 15) is 4.79 Å². The summed E-state index contributed by atoms with van der Waals surface area (Å²) in [5.74, 6) is -0.475. The van der Waals surface area contributed by atoms with Crippen molar-refractivity contribution in [3.05, 3.63) is 23.1 Å². The molecule has 2 aromatic rings. The first-order valence-corrected chi connectivity index (χ1v) is 6.44. The van der Waals surface area contributed by atoms with Crippen LogP contribution in [0.5, 0.6) is 0 Å². The molecule has 0 spiro atoms. The Hall–Kier alpha value is -1.82. The maximum atomic E-state index is 11.6. The summed E-state index contributed by atoms with van der Waals surface area (Å²) in [5, 5.41) is 7.23. The number of carbonyl (C=O) groups excluding carboxylic acids is 1. The van der Waals surface area contributed by atoms with Crippen molar-refractivity contribution in [2.45, 2.75) is 20.8 Å². The van der Waals surface area contributed by atoms with Crippen LogP contribution in [0.2, 0.25) is 5.15 Å². The molecule has 0 saturated heterocycles. The van der Waals surface area contributed by atoms with Crippen LogP contribution in [0.4, 0.5) is 5.69 Å². The number of aromatic nitrogens is 3. The molecule has 7 heteroatoms. The molecule has 0 aliphatic rings. The zero-order valence-corrected chi connectivity index (χ0v) is 12.2. The molecule has 0 atom stereocenters. The minimum absolute atomic E-state index is 0.251. The van der Waals surface area contributed by atoms with Crippen LogP contribution >= 0.6 is 11.6 Å². The van der Waals surface area contributed by atoms with Gasteiger partial charge in [0, 0.05) is 13.1 Å². The highest BCUT2D eigenvalue weighted by molar-refractivity contribution is 6.29. The summed E-state index contributed by atoms with van der Waals surface area (Å²) in [6, 6.07) is 1.64. The molecule has 19 heavy (non-hydrogen) atoms. The fourth-order valence-electron chi connectivity index (χ4n) is 1.47. The van der Waals surface area contributed by atoms with Crippen molar-refractivity contribution in [1.82, 2.24) is 14.6 Å². The number of imidazole rings is 1. The van der Waals surface area contributed by atoms with E-state index in [1.807, 2.05) is 13.8 Å². The average Bonchev–Trinajstić information content (AvgIpc) is 2.84. The first kappa shape index (κ1) is 15.2. The lowest BCUT2D eigenvalue weighted by Gasteiger charge is -2.04. The van der Waals surface area contributed by atoms with Crippen molar-refractivity contribution in [2.75, 3.05) is 19.0 Å². The van der Waals surface area contributed by atoms with Gasteiger partial charge in [-0.25, -0.2) is 14.3 Å². The summed E-state index contributed by atoms with van der Waals surface area (Å²) in [6.45, 7) is 6.03. The Labute approximate surface area is 116 Å². The molecule has 6 nitrogen and oxygen atoms in total. The Kier molecular flexibility index (Phi) is 5.57. The number of anilines is 1. The average molecular weight is 285 g/mol. The van der Waals surface area contributed by atoms with Crippen LogP contribution in [0.25, 0.3) is 5.65 Å². The molecule has 2 heterocycles. The SMILES string of the molecule is CC.CCOC(=O)c1cnc2c(NC)cc(Cl)nn12. The van der Waals surface area contributed by atoms with Gasteiger partial charge in [-0.2, -0.15) is 5.10 Å². The first-order chi connectivity index (χ1) is 9.17. The van der Waals surface area contributed by atoms with Crippen molar-refractivity contribution >= 4 is 28.9 Å². The lowest BCUT2D eigenvalue weighted by molar-refractivity contribution is 0.0517. The second-order valence-corrected chi connectivity index (χ2v) is 3.62. The Morgan fingerprint density at radius 3 is 2.79 bits per heavy atom. The number of rotatable bonds is 3. The topological polar surface area (TPSA) is 68.5 Å². The van der Waals surface area contributed by atoms with Crippen LogP contribution in [0.15, 0.2) is 12.3 Å². The monoisotopic (exact) mass is 284 g/mol. The Balaban J connectivity index is 0.000000861. The number of hydrogen-bond acceptors (Lipinski definition) is 5. The van der Waals surface area contributed by atoms with Gasteiger partial charge in [0.25, 0.3) is 0 Å². The highest BCUT2D eigenvalue weighted by atomic mass is 35.5. The lowest BCUT2D eigenvalue weighted by atomic mass is 10.4. The van der Waals surface area contributed by atoms with E-state index in [0.29, 0.717) is 17.9 Å². The van der Waals surface area contributed by atoms with Crippen LogP contribution in [-0.2, 0) is 4.74 Å². The summed E-state index contributed by atoms with van der Waals surface area (Å²) < 4.78 is 6.27. The van der Waals surface area contributed by atoms with Gasteiger partial charge in [0.05, 0.1) is 18.5 Å². The van der Waals surface area contributed by atoms with E-state index in [-0.39, 0.29) is 10.8 Å². The van der Waals surface area contributed by atoms with Crippen molar-refractivity contribution < 1.29 is 9.53 Å². The number of fused-ring (bicyclic) bond motifs is 1. The van der Waals surface area contributed by atoms with E-state index in [1.54, 1.807) is 20.0 Å². The van der Waals surface area contributed by atoms with Gasteiger partial charge >= 0.3 is 5.97 Å². The quantitative estimate of drug-likeness (QED) is 0.878. The second kappa shape index (κ2) is 6.94. The Bertz CT molecular complexity index is 568. The summed E-state index contributed by atoms with van der Waals surface area (Å²) in [7, 11) is 1.74. The van der Waals surface area contributed by atoms with Gasteiger partial charge in [0.2, 0.25) is 0 Å². The summed E-state index contributed by atoms with van der Waals surface area (Å²) in [4.78, 5) is 15.8. The van der Waals surface area contributed by atoms with E-state index >= 15 is 0 Å². The van der Waals surface area contributed by atoms with Gasteiger partial charge in [-0.1, -0.05) is 25.4 Å². The maximum absolute atomic E-state index is 11.6. The second-order valence-electron chi connectivity index (χ2n) is 3.23. The number of nitrogens with one attached hydrogen (secondary N) is 1. The van der Waals surface area contributed by atoms with Crippen molar-refractivity contribution in [2.24, 2.45) is 0 Å². The zero-order chi connectivity index (χ0) is 14.4. The molecule has 2 aromatic heterocycles. The van der Waals surface area contributed by atoms with Gasteiger partial charge in [0.15, 0.2) is 16.5 Å². The van der Waals surface area contributed by atoms with Gasteiger partial charge in [-0.15, -0.1) is 0 Å². The van der Waals surface area contributed by atoms with Crippen LogP contribution in [0.3, 0.4) is 0 Å². The third-order valence-electron chi connectivity index (χ3n) is 2.19. The molecule has 0 aromatic carbocycles. The van der Waals surface area contributed by atoms with Crippen molar-refractivity contribution in [1.29, 1.82) is 0 Å². The first-order valence-electron chi connectivity index (χ1n) is 6.06. The van der Waals surface area contributed by atoms with E-state index < -0.39 is 5.97 Å². The molecule has 0 unspecified atom stereocenters. The Morgan fingerprint density at radius 2 is 2.21 bits per heavy atom. The third-order valence-corrected chi connectivity index (χ3v) is 2.38. The highest BCUT2D eigenvalue weighted by Crippen LogP contribution is 2.19. The predicted molar refractivity (Wildman–Crippen MR) is 74.8 cm³/mol. The van der Waals surface area contributed by atoms with Crippen LogP contribution < -0.4 is 5.32 Å². The predicted octanol–water partition coefficient (Wildman–Crippen LogP) is 2.63. The summed E-state index contributed by atoms with van der Waals surface area (Å²) in [5.41, 5.74) is 1.47. The van der Waals surface area contributed by atoms with E-state index in [2.05, 4.69) is 15.4 Å². The molecular formula is C12H17ClN4O2. The standard InChI is InChI=1S/C10H11ClN4O2.C2H6/c1-3-17-10(16)7-5-13-9-6(12-2)4-8(11)14-15(7)9;1-2/h4-5,12H,3H2,1-2H3;1-2H3. The van der Waals surface area contributed by atoms with Crippen LogP contribution in [0, 0.1) is 0 Å². The van der Waals surface area contributed by atoms with E-state index in [4.69, 9.17) is 16.3 Å². The number of esters is 1. The minimum atomic E-state index is -0.475. The third kappa shape index (κ3) is 3.14. The zero-order valence-electron chi connectivity index (χ0n) is 11.4. The molecule has 0 amide bonds. The molecule has 0 radical (unpaired) electrons. The minimum Gasteiger partial charge on any atom is -0.461 e. The van der Waals surface area contributed by atoms with Crippen LogP contribution in [0.1, 0.15) is 31.3 Å². The molecule has 0 fully saturated rings. The lowest BCUT2D eigenvalue weighted by Crippen LogP contribution is -2.10. The Morgan fingerprint density at radius 1 is 1.53 bits per heavy atom. The highest BCUT2D eigenvalue weighted by Gasteiger charge is 2.16. The fraction of sp³-hybridized carbons (Fsp3) is 0.417. The molecule has 0 aliphatic heterocycles. The molecule has 0 aliphatic carbocycles. The van der Waals surface area contributed by atoms with E-state index in [1.165, 1.54) is 10.7 Å². The molecule has 1 N–H and O–H groups in total. The largest absolute Gasteiger partial charge is 0.461 e. The van der Waals surface area contributed by atoms with Gasteiger partial charge in [0.1, 0.15) is 0 Å². The van der Waals surface area contributed by atoms with Gasteiger partial charge in [-0.3, -0.25) is 0 Å². The molecular weight excluding hydrogens is 268 g/mol. The number of nitrogens with zero attached hydrogens (tertiary/aromatic N) is 3. The van der Waals surface area contributed by atoms with Crippen molar-refractivity contribution in [3.63, 3.8) is 0 Å². The number of hydrogen-bond donors (Lipinski definition) is 1. The maximum Gasteiger partial charge on any atom is 0.358 e. The van der Waals surface area contributed by atoms with Gasteiger partial charge < -0.3 is 10.1 Å².